The molecule has 0 bridgehead atoms. The van der Waals surface area contributed by atoms with Crippen LogP contribution < -0.4 is 5.32 Å². The fourth-order valence-electron chi connectivity index (χ4n) is 2.73. The molecule has 1 unspecified atom stereocenters. The molecule has 2 heterocycles. The summed E-state index contributed by atoms with van der Waals surface area (Å²) >= 11 is 6.29. The molecule has 2 nitrogen and oxygen atoms in total. The van der Waals surface area contributed by atoms with E-state index in [1.807, 2.05) is 12.3 Å². The minimum absolute atomic E-state index is 0.757. The van der Waals surface area contributed by atoms with Gasteiger partial charge in [-0.05, 0) is 62.0 Å². The first-order chi connectivity index (χ1) is 8.33. The molecule has 1 saturated heterocycles. The van der Waals surface area contributed by atoms with Gasteiger partial charge in [0.15, 0.2) is 0 Å². The Labute approximate surface area is 106 Å². The van der Waals surface area contributed by atoms with E-state index < -0.39 is 0 Å². The van der Waals surface area contributed by atoms with Crippen molar-refractivity contribution in [3.63, 3.8) is 0 Å². The Bertz CT molecular complexity index is 512. The van der Waals surface area contributed by atoms with Crippen molar-refractivity contribution < 1.29 is 0 Å². The largest absolute Gasteiger partial charge is 0.361 e. The van der Waals surface area contributed by atoms with Crippen molar-refractivity contribution in [1.82, 2.24) is 10.3 Å². The van der Waals surface area contributed by atoms with Crippen LogP contribution in [0.4, 0.5) is 0 Å². The minimum Gasteiger partial charge on any atom is -0.361 e. The normalized spacial score (nSPS) is 20.9. The zero-order chi connectivity index (χ0) is 11.7. The fraction of sp³-hybridized carbons (Fsp3) is 0.429. The van der Waals surface area contributed by atoms with E-state index in [1.165, 1.54) is 24.9 Å². The number of aromatic nitrogens is 1. The molecule has 0 saturated carbocycles. The molecule has 1 aromatic carbocycles. The van der Waals surface area contributed by atoms with E-state index in [4.69, 9.17) is 11.6 Å². The Balaban J connectivity index is 1.84. The molecule has 0 spiro atoms. The van der Waals surface area contributed by atoms with Gasteiger partial charge in [0.05, 0.1) is 5.02 Å². The van der Waals surface area contributed by atoms with E-state index in [9.17, 15) is 0 Å². The van der Waals surface area contributed by atoms with Crippen LogP contribution >= 0.6 is 11.6 Å². The number of H-pyrrole nitrogens is 1. The molecule has 90 valence electrons. The number of nitrogens with one attached hydrogen (secondary N) is 2. The summed E-state index contributed by atoms with van der Waals surface area (Å²) in [7, 11) is 0. The third-order valence-corrected chi connectivity index (χ3v) is 3.91. The lowest BCUT2D eigenvalue weighted by atomic mass is 9.92. The molecule has 0 radical (unpaired) electrons. The molecule has 1 fully saturated rings. The van der Waals surface area contributed by atoms with E-state index >= 15 is 0 Å². The van der Waals surface area contributed by atoms with E-state index in [-0.39, 0.29) is 0 Å². The van der Waals surface area contributed by atoms with Gasteiger partial charge in [0.2, 0.25) is 0 Å². The van der Waals surface area contributed by atoms with Crippen LogP contribution in [0.2, 0.25) is 5.02 Å². The quantitative estimate of drug-likeness (QED) is 0.838. The minimum atomic E-state index is 0.757. The molecule has 3 rings (SSSR count). The first-order valence-electron chi connectivity index (χ1n) is 6.29. The maximum Gasteiger partial charge on any atom is 0.0502 e. The van der Waals surface area contributed by atoms with Gasteiger partial charge in [0.1, 0.15) is 0 Å². The summed E-state index contributed by atoms with van der Waals surface area (Å²) < 4.78 is 0. The zero-order valence-electron chi connectivity index (χ0n) is 9.80. The molecule has 1 aliphatic rings. The summed E-state index contributed by atoms with van der Waals surface area (Å²) in [5.74, 6) is 0.757. The average molecular weight is 249 g/mol. The predicted octanol–water partition coefficient (Wildman–Crippen LogP) is 3.36. The Morgan fingerprint density at radius 3 is 3.12 bits per heavy atom. The van der Waals surface area contributed by atoms with Gasteiger partial charge in [-0.15, -0.1) is 0 Å². The summed E-state index contributed by atoms with van der Waals surface area (Å²) in [5.41, 5.74) is 2.50. The van der Waals surface area contributed by atoms with Gasteiger partial charge in [-0.3, -0.25) is 0 Å². The monoisotopic (exact) mass is 248 g/mol. The van der Waals surface area contributed by atoms with E-state index in [0.29, 0.717) is 0 Å². The van der Waals surface area contributed by atoms with Gasteiger partial charge < -0.3 is 10.3 Å². The van der Waals surface area contributed by atoms with Gasteiger partial charge in [-0.1, -0.05) is 11.6 Å². The number of rotatable bonds is 2. The lowest BCUT2D eigenvalue weighted by molar-refractivity contribution is 0.376. The number of aromatic amines is 1. The topological polar surface area (TPSA) is 27.8 Å². The van der Waals surface area contributed by atoms with Crippen molar-refractivity contribution in [2.45, 2.75) is 19.3 Å². The van der Waals surface area contributed by atoms with Crippen LogP contribution in [-0.2, 0) is 6.42 Å². The van der Waals surface area contributed by atoms with Crippen molar-refractivity contribution in [3.8, 4) is 0 Å². The Morgan fingerprint density at radius 1 is 1.35 bits per heavy atom. The smallest absolute Gasteiger partial charge is 0.0502 e. The number of benzene rings is 1. The first-order valence-corrected chi connectivity index (χ1v) is 6.67. The summed E-state index contributed by atoms with van der Waals surface area (Å²) in [5, 5.41) is 5.45. The molecular formula is C14H17ClN2. The predicted molar refractivity (Wildman–Crippen MR) is 72.6 cm³/mol. The summed E-state index contributed by atoms with van der Waals surface area (Å²) in [6, 6.07) is 6.38. The van der Waals surface area contributed by atoms with Crippen LogP contribution in [0, 0.1) is 5.92 Å². The van der Waals surface area contributed by atoms with E-state index in [2.05, 4.69) is 22.4 Å². The van der Waals surface area contributed by atoms with Crippen molar-refractivity contribution in [1.29, 1.82) is 0 Å². The summed E-state index contributed by atoms with van der Waals surface area (Å²) in [4.78, 5) is 3.24. The molecule has 2 N–H and O–H groups in total. The number of hydrogen-bond acceptors (Lipinski definition) is 1. The van der Waals surface area contributed by atoms with Crippen LogP contribution in [0.3, 0.4) is 0 Å². The molecule has 0 amide bonds. The maximum absolute atomic E-state index is 6.29. The average Bonchev–Trinajstić information content (AvgIpc) is 2.79. The van der Waals surface area contributed by atoms with Crippen molar-refractivity contribution in [2.75, 3.05) is 13.1 Å². The third kappa shape index (κ3) is 2.33. The van der Waals surface area contributed by atoms with Crippen LogP contribution in [0.25, 0.3) is 10.9 Å². The Hall–Kier alpha value is -0.990. The van der Waals surface area contributed by atoms with Crippen LogP contribution in [0.5, 0.6) is 0 Å². The second kappa shape index (κ2) is 4.71. The van der Waals surface area contributed by atoms with Gasteiger partial charge in [0, 0.05) is 17.1 Å². The van der Waals surface area contributed by atoms with E-state index in [1.54, 1.807) is 0 Å². The molecular weight excluding hydrogens is 232 g/mol. The molecule has 2 aromatic rings. The lowest BCUT2D eigenvalue weighted by Crippen LogP contribution is -2.30. The number of hydrogen-bond donors (Lipinski definition) is 2. The van der Waals surface area contributed by atoms with Crippen LogP contribution in [0.15, 0.2) is 24.4 Å². The highest BCUT2D eigenvalue weighted by atomic mass is 35.5. The Morgan fingerprint density at radius 2 is 2.29 bits per heavy atom. The second-order valence-corrected chi connectivity index (χ2v) is 5.34. The molecule has 0 aliphatic carbocycles. The zero-order valence-corrected chi connectivity index (χ0v) is 10.6. The maximum atomic E-state index is 6.29. The molecule has 1 atom stereocenters. The Kier molecular flexibility index (Phi) is 3.08. The van der Waals surface area contributed by atoms with Crippen LogP contribution in [0.1, 0.15) is 18.4 Å². The van der Waals surface area contributed by atoms with Crippen molar-refractivity contribution in [3.05, 3.63) is 35.0 Å². The van der Waals surface area contributed by atoms with Crippen LogP contribution in [-0.4, -0.2) is 18.1 Å². The second-order valence-electron chi connectivity index (χ2n) is 4.93. The highest BCUT2D eigenvalue weighted by Gasteiger charge is 2.14. The molecule has 3 heteroatoms. The number of fused-ring (bicyclic) bond motifs is 1. The van der Waals surface area contributed by atoms with Gasteiger partial charge in [0.25, 0.3) is 0 Å². The standard InChI is InChI=1S/C14H17ClN2/c15-13-7-11(6-10-2-1-4-16-9-10)8-14-12(13)3-5-17-14/h3,5,7-8,10,16-17H,1-2,4,6,9H2. The number of halogens is 1. The fourth-order valence-corrected chi connectivity index (χ4v) is 3.03. The molecule has 17 heavy (non-hydrogen) atoms. The SMILES string of the molecule is Clc1cc(CC2CCCNC2)cc2[nH]ccc12. The highest BCUT2D eigenvalue weighted by molar-refractivity contribution is 6.35. The third-order valence-electron chi connectivity index (χ3n) is 3.60. The van der Waals surface area contributed by atoms with Gasteiger partial charge in [-0.2, -0.15) is 0 Å². The van der Waals surface area contributed by atoms with Gasteiger partial charge >= 0.3 is 0 Å². The van der Waals surface area contributed by atoms with Crippen molar-refractivity contribution in [2.24, 2.45) is 5.92 Å². The summed E-state index contributed by atoms with van der Waals surface area (Å²) in [6.07, 6.45) is 5.70. The number of piperidine rings is 1. The van der Waals surface area contributed by atoms with Crippen molar-refractivity contribution >= 4 is 22.5 Å². The van der Waals surface area contributed by atoms with E-state index in [0.717, 1.165) is 34.8 Å². The molecule has 1 aliphatic heterocycles. The van der Waals surface area contributed by atoms with Gasteiger partial charge in [-0.25, -0.2) is 0 Å². The highest BCUT2D eigenvalue weighted by Crippen LogP contribution is 2.26. The summed E-state index contributed by atoms with van der Waals surface area (Å²) in [6.45, 7) is 2.31. The first kappa shape index (κ1) is 11.1. The molecule has 1 aromatic heterocycles. The lowest BCUT2D eigenvalue weighted by Gasteiger charge is -2.22.